The number of carbonyl (C=O) groups is 4. The third-order valence-corrected chi connectivity index (χ3v) is 6.02. The molecule has 2 aromatic rings. The van der Waals surface area contributed by atoms with E-state index in [1.807, 2.05) is 20.8 Å². The highest BCUT2D eigenvalue weighted by atomic mass is 16.5. The minimum Gasteiger partial charge on any atom is -0.452 e. The Bertz CT molecular complexity index is 1160. The molecule has 1 atom stereocenters. The minimum atomic E-state index is -1.65. The molecule has 10 heteroatoms. The second-order valence-electron chi connectivity index (χ2n) is 9.78. The normalized spacial score (nSPS) is 19.8. The summed E-state index contributed by atoms with van der Waals surface area (Å²) >= 11 is 0. The highest BCUT2D eigenvalue weighted by molar-refractivity contribution is 6.15. The Labute approximate surface area is 197 Å². The molecule has 0 aliphatic carbocycles. The van der Waals surface area contributed by atoms with Crippen molar-refractivity contribution in [2.24, 2.45) is 0 Å². The van der Waals surface area contributed by atoms with Gasteiger partial charge in [0.1, 0.15) is 0 Å². The zero-order chi connectivity index (χ0) is 24.8. The van der Waals surface area contributed by atoms with E-state index in [1.54, 1.807) is 44.2 Å². The van der Waals surface area contributed by atoms with Crippen molar-refractivity contribution in [1.82, 2.24) is 10.1 Å². The molecule has 0 spiro atoms. The molecule has 1 unspecified atom stereocenters. The maximum absolute atomic E-state index is 13.5. The number of nitrogens with zero attached hydrogens (tertiary/aromatic N) is 3. The number of carbonyl (C=O) groups excluding carboxylic acids is 4. The molecular weight excluding hydrogens is 440 g/mol. The molecule has 2 aliphatic heterocycles. The van der Waals surface area contributed by atoms with E-state index in [-0.39, 0.29) is 36.0 Å². The molecule has 1 fully saturated rings. The van der Waals surface area contributed by atoms with Crippen LogP contribution < -0.4 is 10.2 Å². The first-order valence-electron chi connectivity index (χ1n) is 11.2. The number of aromatic nitrogens is 1. The molecule has 3 heterocycles. The number of amides is 3. The summed E-state index contributed by atoms with van der Waals surface area (Å²) in [6, 6.07) is 7.88. The zero-order valence-corrected chi connectivity index (χ0v) is 19.9. The number of anilines is 2. The van der Waals surface area contributed by atoms with Gasteiger partial charge in [-0.15, -0.1) is 0 Å². The molecule has 10 nitrogen and oxygen atoms in total. The maximum atomic E-state index is 13.5. The topological polar surface area (TPSA) is 122 Å². The van der Waals surface area contributed by atoms with Crippen LogP contribution >= 0.6 is 0 Å². The number of fused-ring (bicyclic) bond motifs is 3. The summed E-state index contributed by atoms with van der Waals surface area (Å²) in [7, 11) is 0. The number of benzene rings is 1. The predicted molar refractivity (Wildman–Crippen MR) is 122 cm³/mol. The van der Waals surface area contributed by atoms with Crippen LogP contribution in [0, 0.1) is 0 Å². The molecule has 34 heavy (non-hydrogen) atoms. The minimum absolute atomic E-state index is 0.0692. The van der Waals surface area contributed by atoms with Gasteiger partial charge >= 0.3 is 5.97 Å². The fraction of sp³-hybridized carbons (Fsp3) is 0.458. The van der Waals surface area contributed by atoms with Crippen LogP contribution in [0.4, 0.5) is 11.6 Å². The molecule has 1 N–H and O–H groups in total. The Morgan fingerprint density at radius 2 is 1.94 bits per heavy atom. The van der Waals surface area contributed by atoms with Crippen molar-refractivity contribution in [3.05, 3.63) is 41.6 Å². The molecule has 0 saturated carbocycles. The second kappa shape index (κ2) is 8.27. The van der Waals surface area contributed by atoms with E-state index in [1.165, 1.54) is 9.80 Å². The Balaban J connectivity index is 1.57. The Morgan fingerprint density at radius 3 is 2.59 bits per heavy atom. The van der Waals surface area contributed by atoms with Gasteiger partial charge in [-0.2, -0.15) is 0 Å². The number of ether oxygens (including phenoxy) is 1. The van der Waals surface area contributed by atoms with Crippen LogP contribution in [-0.2, 0) is 24.5 Å². The molecule has 0 radical (unpaired) electrons. The number of hydrogen-bond acceptors (Lipinski definition) is 7. The number of esters is 1. The van der Waals surface area contributed by atoms with E-state index in [9.17, 15) is 19.2 Å². The smallest absolute Gasteiger partial charge is 0.354 e. The molecule has 1 aromatic carbocycles. The highest BCUT2D eigenvalue weighted by Crippen LogP contribution is 2.45. The van der Waals surface area contributed by atoms with Gasteiger partial charge in [0, 0.05) is 30.4 Å². The van der Waals surface area contributed by atoms with Crippen molar-refractivity contribution in [3.8, 4) is 0 Å². The summed E-state index contributed by atoms with van der Waals surface area (Å²) in [5, 5.41) is 6.44. The molecule has 2 aliphatic rings. The van der Waals surface area contributed by atoms with Crippen molar-refractivity contribution in [1.29, 1.82) is 0 Å². The van der Waals surface area contributed by atoms with Gasteiger partial charge in [-0.3, -0.25) is 24.6 Å². The lowest BCUT2D eigenvalue weighted by Crippen LogP contribution is -2.70. The monoisotopic (exact) mass is 468 g/mol. The summed E-state index contributed by atoms with van der Waals surface area (Å²) in [4.78, 5) is 54.9. The summed E-state index contributed by atoms with van der Waals surface area (Å²) < 4.78 is 10.5. The van der Waals surface area contributed by atoms with E-state index in [0.717, 1.165) is 0 Å². The molecule has 1 saturated heterocycles. The van der Waals surface area contributed by atoms with Gasteiger partial charge in [0.2, 0.25) is 17.5 Å². The SMILES string of the molecule is CC(C)N1C(=O)c2ccccc2N2C(=O)CCC21C(=O)OCC(=O)Nc1cc(C(C)(C)C)no1. The highest BCUT2D eigenvalue weighted by Gasteiger charge is 2.62. The molecule has 180 valence electrons. The van der Waals surface area contributed by atoms with Gasteiger partial charge in [0.05, 0.1) is 16.9 Å². The summed E-state index contributed by atoms with van der Waals surface area (Å²) in [5.41, 5.74) is -0.549. The summed E-state index contributed by atoms with van der Waals surface area (Å²) in [6.07, 6.45) is 0.140. The quantitative estimate of drug-likeness (QED) is 0.670. The van der Waals surface area contributed by atoms with E-state index < -0.39 is 30.2 Å². The fourth-order valence-corrected chi connectivity index (χ4v) is 4.48. The second-order valence-corrected chi connectivity index (χ2v) is 9.78. The van der Waals surface area contributed by atoms with Crippen molar-refractivity contribution in [2.45, 2.75) is 64.6 Å². The van der Waals surface area contributed by atoms with Gasteiger partial charge in [0.15, 0.2) is 6.61 Å². The first-order valence-corrected chi connectivity index (χ1v) is 11.2. The lowest BCUT2D eigenvalue weighted by Gasteiger charge is -2.50. The van der Waals surface area contributed by atoms with Crippen LogP contribution in [0.15, 0.2) is 34.9 Å². The Hall–Kier alpha value is -3.69. The number of nitrogens with one attached hydrogen (secondary N) is 1. The van der Waals surface area contributed by atoms with Gasteiger partial charge < -0.3 is 14.2 Å². The molecular formula is C24H28N4O6. The third kappa shape index (κ3) is 3.72. The average Bonchev–Trinajstić information content (AvgIpc) is 3.37. The van der Waals surface area contributed by atoms with Crippen LogP contribution in [0.3, 0.4) is 0 Å². The Kier molecular flexibility index (Phi) is 5.71. The predicted octanol–water partition coefficient (Wildman–Crippen LogP) is 2.84. The first-order chi connectivity index (χ1) is 16.0. The van der Waals surface area contributed by atoms with Crippen LogP contribution in [0.25, 0.3) is 0 Å². The lowest BCUT2D eigenvalue weighted by atomic mass is 9.92. The molecule has 1 aromatic heterocycles. The van der Waals surface area contributed by atoms with Gasteiger partial charge in [-0.05, 0) is 26.0 Å². The van der Waals surface area contributed by atoms with Crippen molar-refractivity contribution >= 4 is 35.3 Å². The average molecular weight is 469 g/mol. The summed E-state index contributed by atoms with van der Waals surface area (Å²) in [5.74, 6) is -1.99. The maximum Gasteiger partial charge on any atom is 0.354 e. The van der Waals surface area contributed by atoms with E-state index in [4.69, 9.17) is 9.26 Å². The first kappa shape index (κ1) is 23.5. The standard InChI is InChI=1S/C24H28N4O6/c1-14(2)27-21(31)15-8-6-7-9-16(15)28-20(30)10-11-24(27,28)22(32)33-13-18(29)25-19-12-17(26-34-19)23(3,4)5/h6-9,12,14H,10-11,13H2,1-5H3,(H,25,29). The van der Waals surface area contributed by atoms with Crippen LogP contribution in [0.1, 0.15) is 63.5 Å². The van der Waals surface area contributed by atoms with Crippen LogP contribution in [0.5, 0.6) is 0 Å². The van der Waals surface area contributed by atoms with E-state index >= 15 is 0 Å². The summed E-state index contributed by atoms with van der Waals surface area (Å²) in [6.45, 7) is 8.79. The van der Waals surface area contributed by atoms with Gasteiger partial charge in [-0.1, -0.05) is 38.1 Å². The van der Waals surface area contributed by atoms with Crippen LogP contribution in [0.2, 0.25) is 0 Å². The molecule has 4 rings (SSSR count). The van der Waals surface area contributed by atoms with Gasteiger partial charge in [-0.25, -0.2) is 4.79 Å². The third-order valence-electron chi connectivity index (χ3n) is 6.02. The number of para-hydroxylation sites is 1. The molecule has 3 amide bonds. The van der Waals surface area contributed by atoms with Crippen LogP contribution in [-0.4, -0.2) is 52.1 Å². The van der Waals surface area contributed by atoms with Gasteiger partial charge in [0.25, 0.3) is 11.8 Å². The van der Waals surface area contributed by atoms with E-state index in [0.29, 0.717) is 16.9 Å². The van der Waals surface area contributed by atoms with Crippen molar-refractivity contribution in [2.75, 3.05) is 16.8 Å². The zero-order valence-electron chi connectivity index (χ0n) is 19.9. The van der Waals surface area contributed by atoms with Crippen molar-refractivity contribution in [3.63, 3.8) is 0 Å². The number of hydrogen-bond donors (Lipinski definition) is 1. The number of rotatable bonds is 5. The van der Waals surface area contributed by atoms with E-state index in [2.05, 4.69) is 10.5 Å². The van der Waals surface area contributed by atoms with Crippen molar-refractivity contribution < 1.29 is 28.4 Å². The molecule has 0 bridgehead atoms. The largest absolute Gasteiger partial charge is 0.452 e. The lowest BCUT2D eigenvalue weighted by molar-refractivity contribution is -0.160. The Morgan fingerprint density at radius 1 is 1.24 bits per heavy atom. The fourth-order valence-electron chi connectivity index (χ4n) is 4.48.